The lowest BCUT2D eigenvalue weighted by Crippen LogP contribution is -2.31. The molecule has 0 aliphatic carbocycles. The summed E-state index contributed by atoms with van der Waals surface area (Å²) in [4.78, 5) is 24.3. The Kier molecular flexibility index (Phi) is 8.62. The van der Waals surface area contributed by atoms with E-state index in [9.17, 15) is 19.1 Å². The zero-order chi connectivity index (χ0) is 26.9. The SMILES string of the molecule is O=C(/C=C/CC[C@H](Oc1ccccc1)[C@@H](OC(=O)Nc1ccc2c(c1)OCO2)c1ccc(O)c(F)c1)NO. The number of hydrogen-bond acceptors (Lipinski definition) is 8. The minimum atomic E-state index is -1.13. The van der Waals surface area contributed by atoms with Crippen molar-refractivity contribution in [3.63, 3.8) is 0 Å². The number of rotatable bonds is 10. The molecule has 0 saturated carbocycles. The number of hydrogen-bond donors (Lipinski definition) is 4. The number of carbonyl (C=O) groups excluding carboxylic acids is 2. The Labute approximate surface area is 217 Å². The fourth-order valence-electron chi connectivity index (χ4n) is 3.73. The minimum absolute atomic E-state index is 0.0740. The van der Waals surface area contributed by atoms with Crippen LogP contribution in [0.15, 0.2) is 78.9 Å². The topological polar surface area (TPSA) is 136 Å². The van der Waals surface area contributed by atoms with Crippen molar-refractivity contribution >= 4 is 17.7 Å². The van der Waals surface area contributed by atoms with Gasteiger partial charge < -0.3 is 24.1 Å². The number of phenolic OH excluding ortho intramolecular Hbond substituents is 1. The fourth-order valence-corrected chi connectivity index (χ4v) is 3.73. The largest absolute Gasteiger partial charge is 0.505 e. The van der Waals surface area contributed by atoms with Crippen LogP contribution in [-0.2, 0) is 9.53 Å². The van der Waals surface area contributed by atoms with Crippen molar-refractivity contribution in [2.24, 2.45) is 0 Å². The number of hydroxylamine groups is 1. The summed E-state index contributed by atoms with van der Waals surface area (Å²) in [5.74, 6) is -0.689. The highest BCUT2D eigenvalue weighted by Gasteiger charge is 2.30. The Morgan fingerprint density at radius 2 is 1.84 bits per heavy atom. The summed E-state index contributed by atoms with van der Waals surface area (Å²) in [5, 5.41) is 21.0. The molecule has 4 rings (SSSR count). The molecule has 38 heavy (non-hydrogen) atoms. The van der Waals surface area contributed by atoms with Crippen molar-refractivity contribution in [2.45, 2.75) is 25.0 Å². The number of ether oxygens (including phenoxy) is 4. The van der Waals surface area contributed by atoms with Gasteiger partial charge in [0, 0.05) is 17.8 Å². The first kappa shape index (κ1) is 26.3. The highest BCUT2D eigenvalue weighted by Crippen LogP contribution is 2.35. The number of para-hydroxylation sites is 1. The summed E-state index contributed by atoms with van der Waals surface area (Å²) in [6.45, 7) is 0.0740. The molecule has 2 atom stereocenters. The van der Waals surface area contributed by atoms with E-state index in [1.165, 1.54) is 17.6 Å². The molecule has 4 N–H and O–H groups in total. The van der Waals surface area contributed by atoms with Gasteiger partial charge >= 0.3 is 6.09 Å². The average molecular weight is 525 g/mol. The highest BCUT2D eigenvalue weighted by molar-refractivity contribution is 5.86. The average Bonchev–Trinajstić information content (AvgIpc) is 3.39. The standard InChI is InChI=1S/C27H25FN2O8/c28-20-14-17(10-12-21(20)31)26(38-27(33)29-18-11-13-22-24(15-18)36-16-35-22)23(8-4-5-9-25(32)30-34)37-19-6-2-1-3-7-19/h1-3,5-7,9-15,23,26,31,34H,4,8,16H2,(H,29,33)(H,30,32)/b9-5+/t23-,26-/m0/s1. The third-order valence-corrected chi connectivity index (χ3v) is 5.52. The second kappa shape index (κ2) is 12.5. The maximum Gasteiger partial charge on any atom is 0.412 e. The predicted molar refractivity (Wildman–Crippen MR) is 133 cm³/mol. The molecule has 198 valence electrons. The highest BCUT2D eigenvalue weighted by atomic mass is 19.1. The monoisotopic (exact) mass is 524 g/mol. The van der Waals surface area contributed by atoms with Gasteiger partial charge in [-0.15, -0.1) is 0 Å². The third kappa shape index (κ3) is 6.92. The van der Waals surface area contributed by atoms with E-state index in [4.69, 9.17) is 24.2 Å². The summed E-state index contributed by atoms with van der Waals surface area (Å²) in [6.07, 6.45) is 0.351. The molecule has 0 fully saturated rings. The Morgan fingerprint density at radius 3 is 2.61 bits per heavy atom. The van der Waals surface area contributed by atoms with Gasteiger partial charge in [-0.1, -0.05) is 30.3 Å². The molecule has 1 heterocycles. The quantitative estimate of drug-likeness (QED) is 0.168. The Hall–Kier alpha value is -4.77. The van der Waals surface area contributed by atoms with Gasteiger partial charge in [-0.05, 0) is 54.8 Å². The maximum absolute atomic E-state index is 14.3. The summed E-state index contributed by atoms with van der Waals surface area (Å²) in [5.41, 5.74) is 2.12. The molecule has 10 nitrogen and oxygen atoms in total. The van der Waals surface area contributed by atoms with Crippen LogP contribution in [0.3, 0.4) is 0 Å². The first-order chi connectivity index (χ1) is 18.4. The fraction of sp³-hybridized carbons (Fsp3) is 0.185. The second-order valence-electron chi connectivity index (χ2n) is 8.15. The molecule has 1 aliphatic rings. The van der Waals surface area contributed by atoms with E-state index in [1.807, 2.05) is 0 Å². The van der Waals surface area contributed by atoms with Gasteiger partial charge in [-0.2, -0.15) is 0 Å². The zero-order valence-corrected chi connectivity index (χ0v) is 20.0. The number of phenols is 1. The molecular weight excluding hydrogens is 499 g/mol. The smallest absolute Gasteiger partial charge is 0.412 e. The van der Waals surface area contributed by atoms with Crippen LogP contribution in [0.2, 0.25) is 0 Å². The number of carbonyl (C=O) groups is 2. The van der Waals surface area contributed by atoms with E-state index < -0.39 is 35.8 Å². The summed E-state index contributed by atoms with van der Waals surface area (Å²) in [6, 6.07) is 17.2. The molecule has 3 aromatic carbocycles. The molecule has 1 aliphatic heterocycles. The van der Waals surface area contributed by atoms with E-state index in [1.54, 1.807) is 48.5 Å². The number of anilines is 1. The second-order valence-corrected chi connectivity index (χ2v) is 8.15. The first-order valence-corrected chi connectivity index (χ1v) is 11.6. The molecule has 2 amide bonds. The van der Waals surface area contributed by atoms with Crippen LogP contribution in [0.4, 0.5) is 14.9 Å². The molecule has 3 aromatic rings. The van der Waals surface area contributed by atoms with Crippen LogP contribution in [-0.4, -0.2) is 35.2 Å². The minimum Gasteiger partial charge on any atom is -0.505 e. The van der Waals surface area contributed by atoms with Crippen LogP contribution < -0.4 is 25.0 Å². The molecule has 0 radical (unpaired) electrons. The lowest BCUT2D eigenvalue weighted by Gasteiger charge is -2.28. The molecule has 0 bridgehead atoms. The number of benzene rings is 3. The van der Waals surface area contributed by atoms with E-state index in [-0.39, 0.29) is 25.2 Å². The predicted octanol–water partition coefficient (Wildman–Crippen LogP) is 4.84. The van der Waals surface area contributed by atoms with Crippen LogP contribution in [0.5, 0.6) is 23.0 Å². The Balaban J connectivity index is 1.59. The van der Waals surface area contributed by atoms with Gasteiger partial charge in [0.05, 0.1) is 0 Å². The van der Waals surface area contributed by atoms with Crippen LogP contribution in [0, 0.1) is 5.82 Å². The summed E-state index contributed by atoms with van der Waals surface area (Å²) < 4.78 is 36.8. The van der Waals surface area contributed by atoms with Crippen LogP contribution in [0.1, 0.15) is 24.5 Å². The van der Waals surface area contributed by atoms with Crippen LogP contribution in [0.25, 0.3) is 0 Å². The number of aromatic hydroxyl groups is 1. The molecular formula is C27H25FN2O8. The van der Waals surface area contributed by atoms with Gasteiger partial charge in [-0.3, -0.25) is 15.3 Å². The van der Waals surface area contributed by atoms with E-state index >= 15 is 0 Å². The normalized spacial score (nSPS) is 13.5. The maximum atomic E-state index is 14.3. The van der Waals surface area contributed by atoms with Gasteiger partial charge in [0.2, 0.25) is 6.79 Å². The van der Waals surface area contributed by atoms with Gasteiger partial charge in [0.15, 0.2) is 29.2 Å². The number of halogens is 1. The zero-order valence-electron chi connectivity index (χ0n) is 20.0. The van der Waals surface area contributed by atoms with Crippen molar-refractivity contribution < 1.29 is 43.2 Å². The van der Waals surface area contributed by atoms with Crippen molar-refractivity contribution in [2.75, 3.05) is 12.1 Å². The van der Waals surface area contributed by atoms with Crippen molar-refractivity contribution in [3.8, 4) is 23.0 Å². The number of allylic oxidation sites excluding steroid dienone is 1. The van der Waals surface area contributed by atoms with Gasteiger partial charge in [0.1, 0.15) is 11.9 Å². The molecule has 0 aromatic heterocycles. The Bertz CT molecular complexity index is 1300. The molecule has 11 heteroatoms. The van der Waals surface area contributed by atoms with Crippen molar-refractivity contribution in [1.29, 1.82) is 0 Å². The van der Waals surface area contributed by atoms with E-state index in [0.29, 0.717) is 22.9 Å². The molecule has 0 spiro atoms. The first-order valence-electron chi connectivity index (χ1n) is 11.6. The number of amides is 2. The van der Waals surface area contributed by atoms with E-state index in [0.717, 1.165) is 18.2 Å². The summed E-state index contributed by atoms with van der Waals surface area (Å²) in [7, 11) is 0. The van der Waals surface area contributed by atoms with Crippen LogP contribution >= 0.6 is 0 Å². The lowest BCUT2D eigenvalue weighted by atomic mass is 9.99. The Morgan fingerprint density at radius 1 is 1.05 bits per heavy atom. The van der Waals surface area contributed by atoms with Gasteiger partial charge in [0.25, 0.3) is 5.91 Å². The number of nitrogens with one attached hydrogen (secondary N) is 2. The lowest BCUT2D eigenvalue weighted by molar-refractivity contribution is -0.124. The van der Waals surface area contributed by atoms with Crippen molar-refractivity contribution in [3.05, 3.63) is 90.3 Å². The number of fused-ring (bicyclic) bond motifs is 1. The van der Waals surface area contributed by atoms with Gasteiger partial charge in [-0.25, -0.2) is 14.7 Å². The molecule has 0 saturated heterocycles. The summed E-state index contributed by atoms with van der Waals surface area (Å²) >= 11 is 0. The van der Waals surface area contributed by atoms with Crippen molar-refractivity contribution in [1.82, 2.24) is 5.48 Å². The van der Waals surface area contributed by atoms with E-state index in [2.05, 4.69) is 5.32 Å². The third-order valence-electron chi connectivity index (χ3n) is 5.52. The molecule has 0 unspecified atom stereocenters.